The van der Waals surface area contributed by atoms with Crippen molar-refractivity contribution in [2.75, 3.05) is 32.1 Å². The van der Waals surface area contributed by atoms with Crippen LogP contribution in [0.15, 0.2) is 66.7 Å². The summed E-state index contributed by atoms with van der Waals surface area (Å²) in [6.07, 6.45) is 3.05. The van der Waals surface area contributed by atoms with Gasteiger partial charge in [0.1, 0.15) is 17.6 Å². The Labute approximate surface area is 233 Å². The highest BCUT2D eigenvalue weighted by Gasteiger charge is 2.34. The van der Waals surface area contributed by atoms with E-state index in [0.717, 1.165) is 24.8 Å². The predicted octanol–water partition coefficient (Wildman–Crippen LogP) is 5.41. The predicted molar refractivity (Wildman–Crippen MR) is 151 cm³/mol. The molecular formula is C32H34FN3O4. The topological polar surface area (TPSA) is 79.0 Å². The number of hydrogen-bond acceptors (Lipinski definition) is 4. The van der Waals surface area contributed by atoms with Crippen molar-refractivity contribution in [2.24, 2.45) is 0 Å². The van der Waals surface area contributed by atoms with Crippen LogP contribution in [0.4, 0.5) is 10.1 Å². The van der Waals surface area contributed by atoms with Crippen LogP contribution in [0, 0.1) is 12.7 Å². The second kappa shape index (κ2) is 11.9. The van der Waals surface area contributed by atoms with E-state index >= 15 is 0 Å². The standard InChI is InChI=1S/C32H34FN3O4/c1-21-18-25(20-28(19-21)40-2)31(38)35-16-13-23(14-17-35)22-7-11-27(12-8-22)34-30(37)29-4-3-15-36(29)32(39)24-5-9-26(33)10-6-24/h5-12,18-20,23,29H,3-4,13-17H2,1-2H3,(H,34,37)/t29-/m0/s1. The molecule has 0 unspecified atom stereocenters. The fraction of sp³-hybridized carbons (Fsp3) is 0.344. The molecule has 3 aromatic carbocycles. The maximum Gasteiger partial charge on any atom is 0.254 e. The van der Waals surface area contributed by atoms with Crippen LogP contribution < -0.4 is 10.1 Å². The number of anilines is 1. The normalized spacial score (nSPS) is 17.5. The zero-order chi connectivity index (χ0) is 28.2. The molecule has 0 aliphatic carbocycles. The number of likely N-dealkylation sites (tertiary alicyclic amines) is 2. The van der Waals surface area contributed by atoms with Crippen molar-refractivity contribution in [3.63, 3.8) is 0 Å². The third-order valence-corrected chi connectivity index (χ3v) is 7.87. The lowest BCUT2D eigenvalue weighted by Gasteiger charge is -2.32. The Bertz CT molecular complexity index is 1380. The first-order valence-corrected chi connectivity index (χ1v) is 13.7. The Kier molecular flexibility index (Phi) is 8.14. The van der Waals surface area contributed by atoms with Crippen LogP contribution >= 0.6 is 0 Å². The van der Waals surface area contributed by atoms with Crippen molar-refractivity contribution in [1.29, 1.82) is 0 Å². The largest absolute Gasteiger partial charge is 0.497 e. The molecule has 3 amide bonds. The maximum atomic E-state index is 13.3. The molecule has 2 saturated heterocycles. The highest BCUT2D eigenvalue weighted by Crippen LogP contribution is 2.30. The molecule has 208 valence electrons. The molecule has 5 rings (SSSR count). The van der Waals surface area contributed by atoms with Gasteiger partial charge in [-0.25, -0.2) is 4.39 Å². The lowest BCUT2D eigenvalue weighted by Crippen LogP contribution is -2.43. The fourth-order valence-electron chi connectivity index (χ4n) is 5.69. The first-order valence-electron chi connectivity index (χ1n) is 13.7. The van der Waals surface area contributed by atoms with Gasteiger partial charge in [-0.15, -0.1) is 0 Å². The van der Waals surface area contributed by atoms with E-state index in [2.05, 4.69) is 5.32 Å². The molecule has 7 nitrogen and oxygen atoms in total. The average molecular weight is 544 g/mol. The second-order valence-electron chi connectivity index (χ2n) is 10.6. The fourth-order valence-corrected chi connectivity index (χ4v) is 5.69. The van der Waals surface area contributed by atoms with Gasteiger partial charge in [-0.1, -0.05) is 12.1 Å². The van der Waals surface area contributed by atoms with E-state index in [-0.39, 0.29) is 17.7 Å². The number of ether oxygens (including phenoxy) is 1. The van der Waals surface area contributed by atoms with Crippen molar-refractivity contribution < 1.29 is 23.5 Å². The van der Waals surface area contributed by atoms with Crippen molar-refractivity contribution >= 4 is 23.4 Å². The van der Waals surface area contributed by atoms with E-state index in [4.69, 9.17) is 4.74 Å². The van der Waals surface area contributed by atoms with Gasteiger partial charge in [0, 0.05) is 36.4 Å². The molecule has 1 N–H and O–H groups in total. The molecule has 0 bridgehead atoms. The van der Waals surface area contributed by atoms with E-state index in [1.165, 1.54) is 29.8 Å². The summed E-state index contributed by atoms with van der Waals surface area (Å²) in [6.45, 7) is 3.80. The van der Waals surface area contributed by atoms with E-state index in [0.29, 0.717) is 54.5 Å². The number of halogens is 1. The van der Waals surface area contributed by atoms with Crippen LogP contribution in [0.1, 0.15) is 63.4 Å². The Hall–Kier alpha value is -4.20. The first-order chi connectivity index (χ1) is 19.3. The average Bonchev–Trinajstić information content (AvgIpc) is 3.47. The molecule has 1 atom stereocenters. The minimum Gasteiger partial charge on any atom is -0.497 e. The Morgan fingerprint density at radius 3 is 2.23 bits per heavy atom. The van der Waals surface area contributed by atoms with Crippen molar-refractivity contribution in [1.82, 2.24) is 9.80 Å². The molecule has 8 heteroatoms. The van der Waals surface area contributed by atoms with Crippen molar-refractivity contribution in [3.8, 4) is 5.75 Å². The number of amides is 3. The SMILES string of the molecule is COc1cc(C)cc(C(=O)N2CCC(c3ccc(NC(=O)[C@@H]4CCCN4C(=O)c4ccc(F)cc4)cc3)CC2)c1. The number of benzene rings is 3. The van der Waals surface area contributed by atoms with Crippen LogP contribution in [0.5, 0.6) is 5.75 Å². The van der Waals surface area contributed by atoms with Crippen LogP contribution in [-0.4, -0.2) is 60.3 Å². The van der Waals surface area contributed by atoms with Gasteiger partial charge >= 0.3 is 0 Å². The monoisotopic (exact) mass is 543 g/mol. The third-order valence-electron chi connectivity index (χ3n) is 7.87. The summed E-state index contributed by atoms with van der Waals surface area (Å²) in [5.41, 5.74) is 3.87. The zero-order valence-corrected chi connectivity index (χ0v) is 22.9. The molecule has 2 fully saturated rings. The number of nitrogens with one attached hydrogen (secondary N) is 1. The molecule has 40 heavy (non-hydrogen) atoms. The molecule has 2 aliphatic heterocycles. The van der Waals surface area contributed by atoms with Crippen LogP contribution in [0.3, 0.4) is 0 Å². The van der Waals surface area contributed by atoms with Crippen LogP contribution in [-0.2, 0) is 4.79 Å². The Morgan fingerprint density at radius 1 is 0.850 bits per heavy atom. The van der Waals surface area contributed by atoms with Gasteiger partial charge in [-0.05, 0) is 104 Å². The van der Waals surface area contributed by atoms with Crippen LogP contribution in [0.2, 0.25) is 0 Å². The summed E-state index contributed by atoms with van der Waals surface area (Å²) in [5.74, 6) is 0.153. The van der Waals surface area contributed by atoms with Crippen molar-refractivity contribution in [3.05, 3.63) is 94.8 Å². The number of carbonyl (C=O) groups is 3. The molecular weight excluding hydrogens is 509 g/mol. The lowest BCUT2D eigenvalue weighted by molar-refractivity contribution is -0.119. The molecule has 0 aromatic heterocycles. The van der Waals surface area contributed by atoms with E-state index in [9.17, 15) is 18.8 Å². The van der Waals surface area contributed by atoms with Gasteiger partial charge in [0.25, 0.3) is 11.8 Å². The number of nitrogens with zero attached hydrogens (tertiary/aromatic N) is 2. The quantitative estimate of drug-likeness (QED) is 0.451. The van der Waals surface area contributed by atoms with Gasteiger partial charge in [0.2, 0.25) is 5.91 Å². The number of carbonyl (C=O) groups excluding carboxylic acids is 3. The van der Waals surface area contributed by atoms with E-state index < -0.39 is 11.9 Å². The van der Waals surface area contributed by atoms with E-state index in [1.807, 2.05) is 48.2 Å². The maximum absolute atomic E-state index is 13.3. The number of aryl methyl sites for hydroxylation is 1. The van der Waals surface area contributed by atoms with Crippen LogP contribution in [0.25, 0.3) is 0 Å². The third kappa shape index (κ3) is 6.01. The number of rotatable bonds is 6. The summed E-state index contributed by atoms with van der Waals surface area (Å²) in [6, 6.07) is 18.3. The minimum atomic E-state index is -0.563. The number of hydrogen-bond donors (Lipinski definition) is 1. The zero-order valence-electron chi connectivity index (χ0n) is 22.9. The van der Waals surface area contributed by atoms with Gasteiger partial charge in [-0.2, -0.15) is 0 Å². The first kappa shape index (κ1) is 27.4. The van der Waals surface area contributed by atoms with Gasteiger partial charge in [-0.3, -0.25) is 14.4 Å². The Morgan fingerprint density at radius 2 is 1.55 bits per heavy atom. The second-order valence-corrected chi connectivity index (χ2v) is 10.6. The summed E-state index contributed by atoms with van der Waals surface area (Å²) >= 11 is 0. The summed E-state index contributed by atoms with van der Waals surface area (Å²) in [7, 11) is 1.60. The highest BCUT2D eigenvalue weighted by atomic mass is 19.1. The number of methoxy groups -OCH3 is 1. The smallest absolute Gasteiger partial charge is 0.254 e. The molecule has 0 spiro atoms. The Balaban J connectivity index is 1.16. The molecule has 2 heterocycles. The molecule has 3 aromatic rings. The minimum absolute atomic E-state index is 0.0253. The summed E-state index contributed by atoms with van der Waals surface area (Å²) < 4.78 is 18.6. The molecule has 2 aliphatic rings. The highest BCUT2D eigenvalue weighted by molar-refractivity contribution is 6.01. The molecule has 0 radical (unpaired) electrons. The molecule has 0 saturated carbocycles. The van der Waals surface area contributed by atoms with Gasteiger partial charge < -0.3 is 19.9 Å². The number of piperidine rings is 1. The lowest BCUT2D eigenvalue weighted by atomic mass is 9.89. The van der Waals surface area contributed by atoms with Gasteiger partial charge in [0.05, 0.1) is 7.11 Å². The van der Waals surface area contributed by atoms with Crippen molar-refractivity contribution in [2.45, 2.75) is 44.6 Å². The summed E-state index contributed by atoms with van der Waals surface area (Å²) in [4.78, 5) is 42.5. The van der Waals surface area contributed by atoms with E-state index in [1.54, 1.807) is 18.1 Å². The summed E-state index contributed by atoms with van der Waals surface area (Å²) in [5, 5.41) is 2.96. The van der Waals surface area contributed by atoms with Gasteiger partial charge in [0.15, 0.2) is 0 Å².